The molecular formula is C17H19NO3. The number of benzene rings is 2. The first-order chi connectivity index (χ1) is 9.97. The highest BCUT2D eigenvalue weighted by Gasteiger charge is 2.21. The highest BCUT2D eigenvalue weighted by atomic mass is 16.4. The molecule has 0 aromatic heterocycles. The zero-order valence-electron chi connectivity index (χ0n) is 12.5. The molecule has 0 fully saturated rings. The van der Waals surface area contributed by atoms with E-state index in [-0.39, 0.29) is 17.5 Å². The minimum Gasteiger partial charge on any atom is -0.478 e. The Bertz CT molecular complexity index is 688. The van der Waals surface area contributed by atoms with Crippen molar-refractivity contribution in [3.8, 4) is 0 Å². The largest absolute Gasteiger partial charge is 0.478 e. The summed E-state index contributed by atoms with van der Waals surface area (Å²) < 4.78 is 0. The summed E-state index contributed by atoms with van der Waals surface area (Å²) in [7, 11) is 1.75. The van der Waals surface area contributed by atoms with Crippen LogP contribution in [0.1, 0.15) is 41.0 Å². The van der Waals surface area contributed by atoms with Gasteiger partial charge in [-0.15, -0.1) is 0 Å². The molecule has 21 heavy (non-hydrogen) atoms. The van der Waals surface area contributed by atoms with Crippen LogP contribution in [-0.2, 0) is 0 Å². The van der Waals surface area contributed by atoms with Gasteiger partial charge in [-0.2, -0.15) is 0 Å². The lowest BCUT2D eigenvalue weighted by Crippen LogP contribution is -2.34. The number of nitrogens with zero attached hydrogens (tertiary/aromatic N) is 1. The Morgan fingerprint density at radius 2 is 1.71 bits per heavy atom. The van der Waals surface area contributed by atoms with Gasteiger partial charge in [-0.05, 0) is 30.9 Å². The average Bonchev–Trinajstić information content (AvgIpc) is 2.51. The summed E-state index contributed by atoms with van der Waals surface area (Å²) in [6, 6.07) is 10.4. The first kappa shape index (κ1) is 15.0. The third-order valence-corrected chi connectivity index (χ3v) is 3.94. The predicted octanol–water partition coefficient (Wildman–Crippen LogP) is 3.41. The van der Waals surface area contributed by atoms with Crippen LogP contribution in [0.2, 0.25) is 0 Å². The summed E-state index contributed by atoms with van der Waals surface area (Å²) in [6.45, 7) is 3.99. The minimum atomic E-state index is -1.02. The number of hydrogen-bond acceptors (Lipinski definition) is 2. The smallest absolute Gasteiger partial charge is 0.336 e. The van der Waals surface area contributed by atoms with Crippen LogP contribution < -0.4 is 0 Å². The van der Waals surface area contributed by atoms with Gasteiger partial charge in [-0.1, -0.05) is 31.2 Å². The molecule has 1 amide bonds. The van der Waals surface area contributed by atoms with E-state index in [1.54, 1.807) is 30.1 Å². The van der Waals surface area contributed by atoms with Gasteiger partial charge in [0.2, 0.25) is 0 Å². The third kappa shape index (κ3) is 2.75. The van der Waals surface area contributed by atoms with E-state index in [4.69, 9.17) is 0 Å². The van der Waals surface area contributed by atoms with Crippen molar-refractivity contribution in [2.45, 2.75) is 26.3 Å². The van der Waals surface area contributed by atoms with E-state index in [2.05, 4.69) is 0 Å². The molecule has 2 aromatic carbocycles. The van der Waals surface area contributed by atoms with E-state index in [1.807, 2.05) is 26.0 Å². The standard InChI is InChI=1S/C17H19NO3/c1-4-11(2)18(3)16(19)13-9-5-7-12-8-6-10-14(15(12)13)17(20)21/h5-11H,4H2,1-3H3,(H,20,21). The molecule has 0 heterocycles. The summed E-state index contributed by atoms with van der Waals surface area (Å²) in [6.07, 6.45) is 0.846. The molecule has 0 aliphatic heterocycles. The molecule has 0 aliphatic carbocycles. The predicted molar refractivity (Wildman–Crippen MR) is 82.8 cm³/mol. The van der Waals surface area contributed by atoms with Crippen LogP contribution in [0.4, 0.5) is 0 Å². The number of hydrogen-bond donors (Lipinski definition) is 1. The van der Waals surface area contributed by atoms with E-state index >= 15 is 0 Å². The zero-order valence-corrected chi connectivity index (χ0v) is 12.5. The monoisotopic (exact) mass is 285 g/mol. The van der Waals surface area contributed by atoms with Gasteiger partial charge < -0.3 is 10.0 Å². The van der Waals surface area contributed by atoms with Crippen LogP contribution >= 0.6 is 0 Å². The van der Waals surface area contributed by atoms with E-state index in [1.165, 1.54) is 6.07 Å². The molecule has 4 heteroatoms. The second-order valence-corrected chi connectivity index (χ2v) is 5.19. The van der Waals surface area contributed by atoms with Crippen molar-refractivity contribution in [1.82, 2.24) is 4.90 Å². The van der Waals surface area contributed by atoms with Crippen molar-refractivity contribution in [2.75, 3.05) is 7.05 Å². The Kier molecular flexibility index (Phi) is 4.26. The molecule has 0 radical (unpaired) electrons. The molecule has 0 spiro atoms. The van der Waals surface area contributed by atoms with Gasteiger partial charge in [0.1, 0.15) is 0 Å². The summed E-state index contributed by atoms with van der Waals surface area (Å²) in [5.74, 6) is -1.17. The van der Waals surface area contributed by atoms with Gasteiger partial charge in [0, 0.05) is 24.0 Å². The molecule has 0 saturated heterocycles. The zero-order chi connectivity index (χ0) is 15.6. The number of amides is 1. The quantitative estimate of drug-likeness (QED) is 0.936. The number of carboxylic acids is 1. The van der Waals surface area contributed by atoms with Crippen molar-refractivity contribution < 1.29 is 14.7 Å². The number of aromatic carboxylic acids is 1. The van der Waals surface area contributed by atoms with Gasteiger partial charge in [0.05, 0.1) is 5.56 Å². The molecule has 4 nitrogen and oxygen atoms in total. The molecule has 0 saturated carbocycles. The van der Waals surface area contributed by atoms with Crippen LogP contribution in [-0.4, -0.2) is 35.0 Å². The summed E-state index contributed by atoms with van der Waals surface area (Å²) >= 11 is 0. The maximum absolute atomic E-state index is 12.7. The Hall–Kier alpha value is -2.36. The molecule has 1 atom stereocenters. The normalized spacial score (nSPS) is 12.1. The van der Waals surface area contributed by atoms with Crippen molar-refractivity contribution in [3.63, 3.8) is 0 Å². The molecule has 2 rings (SSSR count). The van der Waals surface area contributed by atoms with Gasteiger partial charge in [-0.25, -0.2) is 4.79 Å². The molecule has 0 aliphatic rings. The Morgan fingerprint density at radius 1 is 1.14 bits per heavy atom. The molecule has 2 aromatic rings. The van der Waals surface area contributed by atoms with Gasteiger partial charge in [0.15, 0.2) is 0 Å². The second kappa shape index (κ2) is 5.95. The minimum absolute atomic E-state index is 0.102. The van der Waals surface area contributed by atoms with Gasteiger partial charge in [0.25, 0.3) is 5.91 Å². The first-order valence-corrected chi connectivity index (χ1v) is 6.99. The van der Waals surface area contributed by atoms with Crippen molar-refractivity contribution in [1.29, 1.82) is 0 Å². The summed E-state index contributed by atoms with van der Waals surface area (Å²) in [5.41, 5.74) is 0.599. The number of fused-ring (bicyclic) bond motifs is 1. The first-order valence-electron chi connectivity index (χ1n) is 6.99. The Labute approximate surface area is 124 Å². The summed E-state index contributed by atoms with van der Waals surface area (Å²) in [5, 5.41) is 10.6. The maximum atomic E-state index is 12.7. The number of carbonyl (C=O) groups is 2. The van der Waals surface area contributed by atoms with Crippen molar-refractivity contribution in [3.05, 3.63) is 47.5 Å². The second-order valence-electron chi connectivity index (χ2n) is 5.19. The number of carbonyl (C=O) groups excluding carboxylic acids is 1. The lowest BCUT2D eigenvalue weighted by Gasteiger charge is -2.24. The van der Waals surface area contributed by atoms with E-state index < -0.39 is 5.97 Å². The highest BCUT2D eigenvalue weighted by molar-refractivity contribution is 6.14. The lowest BCUT2D eigenvalue weighted by molar-refractivity contribution is 0.0699. The van der Waals surface area contributed by atoms with E-state index in [9.17, 15) is 14.7 Å². The average molecular weight is 285 g/mol. The topological polar surface area (TPSA) is 57.6 Å². The fourth-order valence-electron chi connectivity index (χ4n) is 2.36. The van der Waals surface area contributed by atoms with Crippen LogP contribution in [0.5, 0.6) is 0 Å². The van der Waals surface area contributed by atoms with Gasteiger partial charge in [-0.3, -0.25) is 4.79 Å². The molecular weight excluding hydrogens is 266 g/mol. The lowest BCUT2D eigenvalue weighted by atomic mass is 9.98. The van der Waals surface area contributed by atoms with E-state index in [0.717, 1.165) is 11.8 Å². The Morgan fingerprint density at radius 3 is 2.24 bits per heavy atom. The fourth-order valence-corrected chi connectivity index (χ4v) is 2.36. The van der Waals surface area contributed by atoms with E-state index in [0.29, 0.717) is 10.9 Å². The highest BCUT2D eigenvalue weighted by Crippen LogP contribution is 2.25. The van der Waals surface area contributed by atoms with Crippen molar-refractivity contribution >= 4 is 22.6 Å². The van der Waals surface area contributed by atoms with Crippen LogP contribution in [0.25, 0.3) is 10.8 Å². The molecule has 1 unspecified atom stereocenters. The van der Waals surface area contributed by atoms with Crippen LogP contribution in [0.3, 0.4) is 0 Å². The van der Waals surface area contributed by atoms with Crippen molar-refractivity contribution in [2.24, 2.45) is 0 Å². The van der Waals surface area contributed by atoms with Crippen LogP contribution in [0.15, 0.2) is 36.4 Å². The Balaban J connectivity index is 2.64. The third-order valence-electron chi connectivity index (χ3n) is 3.94. The van der Waals surface area contributed by atoms with Gasteiger partial charge >= 0.3 is 5.97 Å². The summed E-state index contributed by atoms with van der Waals surface area (Å²) in [4.78, 5) is 25.8. The molecule has 0 bridgehead atoms. The number of carboxylic acid groups (broad SMARTS) is 1. The molecule has 1 N–H and O–H groups in total. The van der Waals surface area contributed by atoms with Crippen LogP contribution in [0, 0.1) is 0 Å². The maximum Gasteiger partial charge on any atom is 0.336 e. The SMILES string of the molecule is CCC(C)N(C)C(=O)c1cccc2cccc(C(=O)O)c12. The number of rotatable bonds is 4. The molecule has 110 valence electrons. The fraction of sp³-hybridized carbons (Fsp3) is 0.294.